The van der Waals surface area contributed by atoms with E-state index in [4.69, 9.17) is 15.2 Å². The number of hydrogen-bond acceptors (Lipinski definition) is 6. The quantitative estimate of drug-likeness (QED) is 0.861. The number of anilines is 2. The van der Waals surface area contributed by atoms with Crippen LogP contribution in [0.1, 0.15) is 33.6 Å². The smallest absolute Gasteiger partial charge is 0.197 e. The lowest BCUT2D eigenvalue weighted by molar-refractivity contribution is 0.0996. The van der Waals surface area contributed by atoms with E-state index in [1.807, 2.05) is 13.8 Å². The summed E-state index contributed by atoms with van der Waals surface area (Å²) in [6.07, 6.45) is 2.59. The molecule has 2 heterocycles. The number of nitrogens with zero attached hydrogens (tertiary/aromatic N) is 1. The molecule has 0 aromatic carbocycles. The van der Waals surface area contributed by atoms with Crippen molar-refractivity contribution < 1.29 is 9.47 Å². The molecule has 6 heteroatoms. The molecule has 3 N–H and O–H groups in total. The highest BCUT2D eigenvalue weighted by atomic mass is 32.1. The molecule has 18 heavy (non-hydrogen) atoms. The van der Waals surface area contributed by atoms with E-state index in [0.717, 1.165) is 24.4 Å². The van der Waals surface area contributed by atoms with Gasteiger partial charge in [0.15, 0.2) is 16.6 Å². The van der Waals surface area contributed by atoms with Gasteiger partial charge in [0.2, 0.25) is 0 Å². The van der Waals surface area contributed by atoms with Crippen LogP contribution in [0.4, 0.5) is 10.8 Å². The molecule has 1 fully saturated rings. The van der Waals surface area contributed by atoms with Crippen molar-refractivity contribution in [3.05, 3.63) is 0 Å². The van der Waals surface area contributed by atoms with Crippen molar-refractivity contribution in [1.29, 1.82) is 0 Å². The number of ether oxygens (including phenoxy) is 2. The normalized spacial score (nSPS) is 21.2. The molecule has 2 rings (SSSR count). The van der Waals surface area contributed by atoms with Crippen LogP contribution in [0.2, 0.25) is 0 Å². The summed E-state index contributed by atoms with van der Waals surface area (Å²) in [5.74, 6) is 1.12. The molecule has 2 atom stereocenters. The molecule has 2 unspecified atom stereocenters. The van der Waals surface area contributed by atoms with Crippen LogP contribution in [-0.2, 0) is 4.74 Å². The molecule has 5 nitrogen and oxygen atoms in total. The molecular weight excluding hydrogens is 250 g/mol. The maximum absolute atomic E-state index is 5.82. The summed E-state index contributed by atoms with van der Waals surface area (Å²) < 4.78 is 15.5. The summed E-state index contributed by atoms with van der Waals surface area (Å²) in [5.41, 5.74) is 5.82. The van der Waals surface area contributed by atoms with Gasteiger partial charge in [-0.15, -0.1) is 0 Å². The van der Waals surface area contributed by atoms with Gasteiger partial charge in [-0.3, -0.25) is 0 Å². The molecule has 1 saturated heterocycles. The molecular formula is C12H21N3O2S. The number of nitrogens with two attached hydrogens (primary N) is 1. The van der Waals surface area contributed by atoms with Crippen LogP contribution < -0.4 is 15.8 Å². The third kappa shape index (κ3) is 3.05. The Morgan fingerprint density at radius 1 is 1.50 bits per heavy atom. The highest BCUT2D eigenvalue weighted by molar-refractivity contribution is 7.11. The topological polar surface area (TPSA) is 69.4 Å². The van der Waals surface area contributed by atoms with Gasteiger partial charge < -0.3 is 20.5 Å². The van der Waals surface area contributed by atoms with Gasteiger partial charge in [0.05, 0.1) is 18.2 Å². The molecule has 0 saturated carbocycles. The number of nitrogen functional groups attached to an aromatic ring is 1. The number of rotatable bonds is 5. The second-order valence-electron chi connectivity index (χ2n) is 4.88. The maximum Gasteiger partial charge on any atom is 0.197 e. The molecule has 0 amide bonds. The highest BCUT2D eigenvalue weighted by Gasteiger charge is 2.24. The van der Waals surface area contributed by atoms with Gasteiger partial charge in [-0.25, -0.2) is 0 Å². The lowest BCUT2D eigenvalue weighted by atomic mass is 10.1. The first-order valence-corrected chi connectivity index (χ1v) is 7.15. The van der Waals surface area contributed by atoms with Crippen molar-refractivity contribution in [2.24, 2.45) is 0 Å². The summed E-state index contributed by atoms with van der Waals surface area (Å²) >= 11 is 1.34. The Hall–Kier alpha value is -1.01. The van der Waals surface area contributed by atoms with Crippen molar-refractivity contribution in [3.63, 3.8) is 0 Å². The van der Waals surface area contributed by atoms with Crippen LogP contribution in [0.5, 0.6) is 5.75 Å². The highest BCUT2D eigenvalue weighted by Crippen LogP contribution is 2.37. The Morgan fingerprint density at radius 3 is 2.89 bits per heavy atom. The van der Waals surface area contributed by atoms with Crippen LogP contribution in [0, 0.1) is 0 Å². The fourth-order valence-corrected chi connectivity index (χ4v) is 2.78. The molecule has 0 bridgehead atoms. The first kappa shape index (κ1) is 13.4. The molecule has 0 spiro atoms. The standard InChI is InChI=1S/C12H21N3O2S/c1-7(2)17-10-11(13)15-18-12(10)14-8(3)9-5-4-6-16-9/h7-9,14H,4-6H2,1-3H3,(H2,13,15). The lowest BCUT2D eigenvalue weighted by Gasteiger charge is -2.21. The van der Waals surface area contributed by atoms with E-state index >= 15 is 0 Å². The third-order valence-electron chi connectivity index (χ3n) is 2.91. The zero-order valence-corrected chi connectivity index (χ0v) is 11.9. The Balaban J connectivity index is 2.03. The van der Waals surface area contributed by atoms with Crippen LogP contribution >= 0.6 is 11.5 Å². The summed E-state index contributed by atoms with van der Waals surface area (Å²) in [6.45, 7) is 6.93. The Bertz CT molecular complexity index is 389. The van der Waals surface area contributed by atoms with Gasteiger partial charge >= 0.3 is 0 Å². The monoisotopic (exact) mass is 271 g/mol. The first-order valence-electron chi connectivity index (χ1n) is 6.38. The maximum atomic E-state index is 5.82. The molecule has 1 aliphatic heterocycles. The predicted octanol–water partition coefficient (Wildman–Crippen LogP) is 2.49. The average Bonchev–Trinajstić information content (AvgIpc) is 2.93. The van der Waals surface area contributed by atoms with Crippen LogP contribution in [0.15, 0.2) is 0 Å². The Morgan fingerprint density at radius 2 is 2.28 bits per heavy atom. The second-order valence-corrected chi connectivity index (χ2v) is 5.65. The zero-order chi connectivity index (χ0) is 13.1. The van der Waals surface area contributed by atoms with Crippen LogP contribution in [0.25, 0.3) is 0 Å². The van der Waals surface area contributed by atoms with Crippen molar-refractivity contribution in [1.82, 2.24) is 4.37 Å². The summed E-state index contributed by atoms with van der Waals surface area (Å²) in [7, 11) is 0. The summed E-state index contributed by atoms with van der Waals surface area (Å²) in [6, 6.07) is 0.238. The molecule has 1 aliphatic rings. The fraction of sp³-hybridized carbons (Fsp3) is 0.750. The molecule has 102 valence electrons. The SMILES string of the molecule is CC(C)Oc1c(N)nsc1NC(C)C1CCCO1. The van der Waals surface area contributed by atoms with Gasteiger partial charge in [0.1, 0.15) is 0 Å². The van der Waals surface area contributed by atoms with Gasteiger partial charge in [0, 0.05) is 6.61 Å². The lowest BCUT2D eigenvalue weighted by Crippen LogP contribution is -2.29. The van der Waals surface area contributed by atoms with Crippen molar-refractivity contribution in [2.45, 2.75) is 51.9 Å². The largest absolute Gasteiger partial charge is 0.484 e. The van der Waals surface area contributed by atoms with Crippen LogP contribution in [-0.4, -0.2) is 29.2 Å². The number of hydrogen-bond donors (Lipinski definition) is 2. The van der Waals surface area contributed by atoms with E-state index in [-0.39, 0.29) is 18.2 Å². The van der Waals surface area contributed by atoms with E-state index in [1.54, 1.807) is 0 Å². The minimum atomic E-state index is 0.0855. The fourth-order valence-electron chi connectivity index (χ4n) is 2.03. The van der Waals surface area contributed by atoms with Crippen molar-refractivity contribution in [3.8, 4) is 5.75 Å². The van der Waals surface area contributed by atoms with E-state index in [2.05, 4.69) is 16.6 Å². The summed E-state index contributed by atoms with van der Waals surface area (Å²) in [4.78, 5) is 0. The number of nitrogens with one attached hydrogen (secondary N) is 1. The van der Waals surface area contributed by atoms with E-state index < -0.39 is 0 Å². The van der Waals surface area contributed by atoms with Gasteiger partial charge in [0.25, 0.3) is 0 Å². The van der Waals surface area contributed by atoms with E-state index in [9.17, 15) is 0 Å². The van der Waals surface area contributed by atoms with Gasteiger partial charge in [-0.05, 0) is 45.1 Å². The van der Waals surface area contributed by atoms with Gasteiger partial charge in [-0.2, -0.15) is 4.37 Å². The minimum absolute atomic E-state index is 0.0855. The van der Waals surface area contributed by atoms with E-state index in [0.29, 0.717) is 11.6 Å². The summed E-state index contributed by atoms with van der Waals surface area (Å²) in [5, 5.41) is 4.30. The molecule has 1 aromatic rings. The molecule has 0 aliphatic carbocycles. The van der Waals surface area contributed by atoms with Crippen molar-refractivity contribution in [2.75, 3.05) is 17.7 Å². The first-order chi connectivity index (χ1) is 8.58. The predicted molar refractivity (Wildman–Crippen MR) is 74.3 cm³/mol. The Labute approximate surface area is 112 Å². The van der Waals surface area contributed by atoms with E-state index in [1.165, 1.54) is 11.5 Å². The minimum Gasteiger partial charge on any atom is -0.484 e. The number of aromatic nitrogens is 1. The molecule has 0 radical (unpaired) electrons. The zero-order valence-electron chi connectivity index (χ0n) is 11.1. The van der Waals surface area contributed by atoms with Gasteiger partial charge in [-0.1, -0.05) is 0 Å². The second kappa shape index (κ2) is 5.75. The third-order valence-corrected chi connectivity index (χ3v) is 3.68. The average molecular weight is 271 g/mol. The Kier molecular flexibility index (Phi) is 4.29. The molecule has 1 aromatic heterocycles. The van der Waals surface area contributed by atoms with Crippen molar-refractivity contribution >= 4 is 22.4 Å². The van der Waals surface area contributed by atoms with Crippen LogP contribution in [0.3, 0.4) is 0 Å².